The molecule has 0 atom stereocenters. The molecule has 0 saturated carbocycles. The summed E-state index contributed by atoms with van der Waals surface area (Å²) in [6.07, 6.45) is 0. The number of carbonyl (C=O) groups is 1. The van der Waals surface area contributed by atoms with Crippen LogP contribution in [0.15, 0.2) is 23.1 Å². The Morgan fingerprint density at radius 3 is 2.50 bits per heavy atom. The number of carbonyl (C=O) groups excluding carboxylic acids is 1. The highest BCUT2D eigenvalue weighted by molar-refractivity contribution is 7.89. The second kappa shape index (κ2) is 6.71. The summed E-state index contributed by atoms with van der Waals surface area (Å²) in [6.45, 7) is 5.53. The van der Waals surface area contributed by atoms with E-state index in [1.165, 1.54) is 32.2 Å². The van der Waals surface area contributed by atoms with Crippen molar-refractivity contribution in [3.63, 3.8) is 0 Å². The Hall–Kier alpha value is -1.60. The van der Waals surface area contributed by atoms with Crippen LogP contribution >= 0.6 is 0 Å². The molecule has 0 aliphatic heterocycles. The highest BCUT2D eigenvalue weighted by Gasteiger charge is 2.17. The number of amides is 1. The van der Waals surface area contributed by atoms with Gasteiger partial charge in [0.1, 0.15) is 5.75 Å². The number of anilines is 1. The molecule has 1 aromatic carbocycles. The van der Waals surface area contributed by atoms with Crippen LogP contribution in [0.4, 0.5) is 5.69 Å². The molecule has 0 heterocycles. The van der Waals surface area contributed by atoms with Gasteiger partial charge in [0.05, 0.1) is 17.7 Å². The zero-order valence-electron chi connectivity index (χ0n) is 12.1. The van der Waals surface area contributed by atoms with Gasteiger partial charge in [-0.1, -0.05) is 13.8 Å². The molecular weight excluding hydrogens is 280 g/mol. The first-order valence-corrected chi connectivity index (χ1v) is 7.70. The van der Waals surface area contributed by atoms with Gasteiger partial charge in [-0.25, -0.2) is 13.1 Å². The van der Waals surface area contributed by atoms with E-state index in [1.54, 1.807) is 0 Å². The van der Waals surface area contributed by atoms with Crippen LogP contribution in [-0.4, -0.2) is 28.0 Å². The van der Waals surface area contributed by atoms with E-state index >= 15 is 0 Å². The van der Waals surface area contributed by atoms with Gasteiger partial charge < -0.3 is 10.1 Å². The first-order valence-electron chi connectivity index (χ1n) is 6.21. The maximum Gasteiger partial charge on any atom is 0.240 e. The number of nitrogens with one attached hydrogen (secondary N) is 2. The molecule has 1 aromatic rings. The summed E-state index contributed by atoms with van der Waals surface area (Å²) in [4.78, 5) is 11.2. The Labute approximate surface area is 119 Å². The van der Waals surface area contributed by atoms with Gasteiger partial charge in [-0.3, -0.25) is 4.79 Å². The average Bonchev–Trinajstić information content (AvgIpc) is 2.35. The van der Waals surface area contributed by atoms with Crippen LogP contribution in [-0.2, 0) is 14.8 Å². The third kappa shape index (κ3) is 4.50. The van der Waals surface area contributed by atoms with Crippen LogP contribution in [0.2, 0.25) is 0 Å². The minimum absolute atomic E-state index is 0.0858. The van der Waals surface area contributed by atoms with E-state index in [0.717, 1.165) is 0 Å². The second-order valence-corrected chi connectivity index (χ2v) is 6.56. The van der Waals surface area contributed by atoms with Gasteiger partial charge in [-0.15, -0.1) is 0 Å². The van der Waals surface area contributed by atoms with Crippen LogP contribution in [0.3, 0.4) is 0 Å². The summed E-state index contributed by atoms with van der Waals surface area (Å²) in [6, 6.07) is 4.32. The molecule has 0 fully saturated rings. The largest absolute Gasteiger partial charge is 0.495 e. The molecule has 20 heavy (non-hydrogen) atoms. The normalized spacial score (nSPS) is 11.4. The lowest BCUT2D eigenvalue weighted by atomic mass is 10.2. The average molecular weight is 300 g/mol. The lowest BCUT2D eigenvalue weighted by Crippen LogP contribution is -2.27. The summed E-state index contributed by atoms with van der Waals surface area (Å²) in [5.74, 6) is 0.314. The molecule has 0 radical (unpaired) electrons. The van der Waals surface area contributed by atoms with Crippen LogP contribution in [0, 0.1) is 5.92 Å². The highest BCUT2D eigenvalue weighted by Crippen LogP contribution is 2.27. The Morgan fingerprint density at radius 2 is 2.00 bits per heavy atom. The molecule has 0 saturated heterocycles. The van der Waals surface area contributed by atoms with Gasteiger partial charge >= 0.3 is 0 Å². The van der Waals surface area contributed by atoms with Crippen molar-refractivity contribution >= 4 is 21.6 Å². The highest BCUT2D eigenvalue weighted by atomic mass is 32.2. The van der Waals surface area contributed by atoms with Gasteiger partial charge in [-0.05, 0) is 24.1 Å². The van der Waals surface area contributed by atoms with Crippen LogP contribution < -0.4 is 14.8 Å². The van der Waals surface area contributed by atoms with E-state index in [1.807, 2.05) is 13.8 Å². The van der Waals surface area contributed by atoms with E-state index in [-0.39, 0.29) is 16.7 Å². The summed E-state index contributed by atoms with van der Waals surface area (Å²) in [7, 11) is -2.15. The number of rotatable bonds is 6. The van der Waals surface area contributed by atoms with Crippen molar-refractivity contribution in [2.24, 2.45) is 5.92 Å². The molecule has 0 aromatic heterocycles. The van der Waals surface area contributed by atoms with E-state index in [0.29, 0.717) is 18.0 Å². The number of ether oxygens (including phenoxy) is 1. The number of hydrogen-bond acceptors (Lipinski definition) is 4. The summed E-state index contributed by atoms with van der Waals surface area (Å²) >= 11 is 0. The number of sulfonamides is 1. The lowest BCUT2D eigenvalue weighted by Gasteiger charge is -2.13. The first kappa shape index (κ1) is 16.5. The van der Waals surface area contributed by atoms with Gasteiger partial charge in [0.2, 0.25) is 15.9 Å². The third-order valence-electron chi connectivity index (χ3n) is 2.47. The number of methoxy groups -OCH3 is 1. The quantitative estimate of drug-likeness (QED) is 0.835. The van der Waals surface area contributed by atoms with E-state index in [4.69, 9.17) is 4.74 Å². The van der Waals surface area contributed by atoms with E-state index < -0.39 is 10.0 Å². The molecule has 1 rings (SSSR count). The molecule has 0 bridgehead atoms. The third-order valence-corrected chi connectivity index (χ3v) is 3.89. The van der Waals surface area contributed by atoms with Gasteiger partial charge in [0.15, 0.2) is 0 Å². The molecule has 6 nitrogen and oxygen atoms in total. The van der Waals surface area contributed by atoms with Crippen LogP contribution in [0.5, 0.6) is 5.75 Å². The topological polar surface area (TPSA) is 84.5 Å². The fourth-order valence-electron chi connectivity index (χ4n) is 1.50. The monoisotopic (exact) mass is 300 g/mol. The Balaban J connectivity index is 3.10. The van der Waals surface area contributed by atoms with Gasteiger partial charge in [0.25, 0.3) is 0 Å². The van der Waals surface area contributed by atoms with Crippen molar-refractivity contribution in [2.45, 2.75) is 25.7 Å². The Morgan fingerprint density at radius 1 is 1.35 bits per heavy atom. The minimum atomic E-state index is -3.60. The van der Waals surface area contributed by atoms with Crippen molar-refractivity contribution in [2.75, 3.05) is 19.0 Å². The molecule has 7 heteroatoms. The first-order chi connectivity index (χ1) is 9.26. The maximum absolute atomic E-state index is 12.1. The molecule has 1 amide bonds. The predicted octanol–water partition coefficient (Wildman–Crippen LogP) is 1.59. The van der Waals surface area contributed by atoms with Crippen molar-refractivity contribution in [3.05, 3.63) is 18.2 Å². The molecule has 0 unspecified atom stereocenters. The second-order valence-electron chi connectivity index (χ2n) is 4.79. The predicted molar refractivity (Wildman–Crippen MR) is 77.3 cm³/mol. The number of benzene rings is 1. The SMILES string of the molecule is COc1ccc(S(=O)(=O)NCC(C)C)cc1NC(C)=O. The van der Waals surface area contributed by atoms with Gasteiger partial charge in [-0.2, -0.15) is 0 Å². The molecule has 2 N–H and O–H groups in total. The maximum atomic E-state index is 12.1. The van der Waals surface area contributed by atoms with Crippen molar-refractivity contribution in [1.29, 1.82) is 0 Å². The van der Waals surface area contributed by atoms with Gasteiger partial charge in [0, 0.05) is 13.5 Å². The smallest absolute Gasteiger partial charge is 0.240 e. The fraction of sp³-hybridized carbons (Fsp3) is 0.462. The van der Waals surface area contributed by atoms with Crippen molar-refractivity contribution < 1.29 is 17.9 Å². The molecular formula is C13H20N2O4S. The molecule has 0 aliphatic rings. The zero-order chi connectivity index (χ0) is 15.3. The molecule has 112 valence electrons. The Kier molecular flexibility index (Phi) is 5.52. The number of hydrogen-bond donors (Lipinski definition) is 2. The standard InChI is InChI=1S/C13H20N2O4S/c1-9(2)8-14-20(17,18)11-5-6-13(19-4)12(7-11)15-10(3)16/h5-7,9,14H,8H2,1-4H3,(H,15,16). The summed E-state index contributed by atoms with van der Waals surface area (Å²) < 4.78 is 31.8. The molecule has 0 spiro atoms. The Bertz CT molecular complexity index is 582. The van der Waals surface area contributed by atoms with E-state index in [2.05, 4.69) is 10.0 Å². The minimum Gasteiger partial charge on any atom is -0.495 e. The summed E-state index contributed by atoms with van der Waals surface area (Å²) in [5.41, 5.74) is 0.326. The van der Waals surface area contributed by atoms with Crippen molar-refractivity contribution in [3.8, 4) is 5.75 Å². The molecule has 0 aliphatic carbocycles. The summed E-state index contributed by atoms with van der Waals surface area (Å²) in [5, 5.41) is 2.55. The van der Waals surface area contributed by atoms with E-state index in [9.17, 15) is 13.2 Å². The lowest BCUT2D eigenvalue weighted by molar-refractivity contribution is -0.114. The van der Waals surface area contributed by atoms with Crippen LogP contribution in [0.1, 0.15) is 20.8 Å². The zero-order valence-corrected chi connectivity index (χ0v) is 12.9. The van der Waals surface area contributed by atoms with Crippen LogP contribution in [0.25, 0.3) is 0 Å². The van der Waals surface area contributed by atoms with Crippen molar-refractivity contribution in [1.82, 2.24) is 4.72 Å². The fourth-order valence-corrected chi connectivity index (χ4v) is 2.74.